The van der Waals surface area contributed by atoms with Crippen molar-refractivity contribution < 1.29 is 62.5 Å². The molecule has 0 aromatic heterocycles. The van der Waals surface area contributed by atoms with Gasteiger partial charge in [-0.25, -0.2) is 9.36 Å². The number of carboxylic acids is 2. The van der Waals surface area contributed by atoms with E-state index in [-0.39, 0.29) is 25.7 Å². The van der Waals surface area contributed by atoms with Crippen LogP contribution in [0.1, 0.15) is 116 Å². The van der Waals surface area contributed by atoms with Crippen molar-refractivity contribution in [1.82, 2.24) is 0 Å². The van der Waals surface area contributed by atoms with Gasteiger partial charge in [-0.1, -0.05) is 70.4 Å². The van der Waals surface area contributed by atoms with E-state index in [1.54, 1.807) is 0 Å². The molecule has 0 amide bonds. The maximum Gasteiger partial charge on any atom is 0.472 e. The lowest BCUT2D eigenvalue weighted by molar-refractivity contribution is -0.161. The molecule has 0 saturated heterocycles. The number of phosphoric ester groups is 1. The number of unbranched alkanes of at least 4 members (excludes halogenated alkanes) is 11. The number of rotatable bonds is 31. The second kappa shape index (κ2) is 28.4. The summed E-state index contributed by atoms with van der Waals surface area (Å²) >= 11 is 0. The molecular weight excluding hydrogens is 637 g/mol. The SMILES string of the molecule is CCCCCCCC/C=C\CCCCCCCC(=O)OC[C@H](COP(=O)(O)OC[C@H](N)C(=O)O)OC(=O)CCCC(O)/C=C/C(=O)O. The summed E-state index contributed by atoms with van der Waals surface area (Å²) < 4.78 is 31.9. The van der Waals surface area contributed by atoms with E-state index in [0.717, 1.165) is 50.7 Å². The summed E-state index contributed by atoms with van der Waals surface area (Å²) in [5.74, 6) is -4.03. The summed E-state index contributed by atoms with van der Waals surface area (Å²) in [6.45, 7) is 0.203. The average molecular weight is 694 g/mol. The molecule has 0 aliphatic heterocycles. The third kappa shape index (κ3) is 29.3. The van der Waals surface area contributed by atoms with Crippen LogP contribution in [0, 0.1) is 0 Å². The van der Waals surface area contributed by atoms with Crippen molar-refractivity contribution in [3.8, 4) is 0 Å². The first-order valence-electron chi connectivity index (χ1n) is 16.6. The van der Waals surface area contributed by atoms with Gasteiger partial charge < -0.3 is 35.4 Å². The molecule has 0 rings (SSSR count). The van der Waals surface area contributed by atoms with Crippen LogP contribution in [0.15, 0.2) is 24.3 Å². The van der Waals surface area contributed by atoms with Crippen molar-refractivity contribution in [3.63, 3.8) is 0 Å². The molecule has 0 saturated carbocycles. The zero-order valence-electron chi connectivity index (χ0n) is 27.7. The molecule has 0 radical (unpaired) electrons. The Balaban J connectivity index is 4.52. The van der Waals surface area contributed by atoms with Gasteiger partial charge in [0.2, 0.25) is 0 Å². The van der Waals surface area contributed by atoms with Crippen LogP contribution in [0.3, 0.4) is 0 Å². The first-order chi connectivity index (χ1) is 22.4. The molecule has 0 aliphatic carbocycles. The Morgan fingerprint density at radius 1 is 0.766 bits per heavy atom. The topological polar surface area (TPSA) is 229 Å². The van der Waals surface area contributed by atoms with Crippen LogP contribution >= 0.6 is 7.82 Å². The third-order valence-corrected chi connectivity index (χ3v) is 7.82. The predicted octanol–water partition coefficient (Wildman–Crippen LogP) is 5.20. The highest BCUT2D eigenvalue weighted by molar-refractivity contribution is 7.47. The molecular formula is C32H56NO13P. The second-order valence-corrected chi connectivity index (χ2v) is 12.7. The maximum absolute atomic E-state index is 12.3. The van der Waals surface area contributed by atoms with Gasteiger partial charge in [0.25, 0.3) is 0 Å². The number of aliphatic carboxylic acids is 2. The fourth-order valence-electron chi connectivity index (χ4n) is 4.16. The number of ether oxygens (including phenoxy) is 2. The summed E-state index contributed by atoms with van der Waals surface area (Å²) in [5.41, 5.74) is 5.25. The molecule has 272 valence electrons. The average Bonchev–Trinajstić information content (AvgIpc) is 3.02. The van der Waals surface area contributed by atoms with Crippen LogP contribution in [0.4, 0.5) is 0 Å². The van der Waals surface area contributed by atoms with Gasteiger partial charge in [-0.2, -0.15) is 0 Å². The summed E-state index contributed by atoms with van der Waals surface area (Å²) in [6, 6.07) is -1.58. The van der Waals surface area contributed by atoms with Crippen molar-refractivity contribution in [2.75, 3.05) is 19.8 Å². The Kier molecular flexibility index (Phi) is 26.8. The highest BCUT2D eigenvalue weighted by Gasteiger charge is 2.28. The number of nitrogens with two attached hydrogens (primary N) is 1. The number of aliphatic hydroxyl groups is 1. The van der Waals surface area contributed by atoms with Crippen molar-refractivity contribution in [1.29, 1.82) is 0 Å². The van der Waals surface area contributed by atoms with Gasteiger partial charge in [-0.05, 0) is 51.0 Å². The number of carbonyl (C=O) groups is 4. The largest absolute Gasteiger partial charge is 0.480 e. The van der Waals surface area contributed by atoms with Crippen LogP contribution in [0.25, 0.3) is 0 Å². The van der Waals surface area contributed by atoms with Crippen LogP contribution in [0.2, 0.25) is 0 Å². The van der Waals surface area contributed by atoms with Gasteiger partial charge in [0, 0.05) is 18.9 Å². The summed E-state index contributed by atoms with van der Waals surface area (Å²) in [4.78, 5) is 55.8. The minimum Gasteiger partial charge on any atom is -0.480 e. The van der Waals surface area contributed by atoms with Gasteiger partial charge in [0.15, 0.2) is 6.10 Å². The molecule has 0 spiro atoms. The smallest absolute Gasteiger partial charge is 0.472 e. The van der Waals surface area contributed by atoms with E-state index in [1.807, 2.05) is 0 Å². The third-order valence-electron chi connectivity index (χ3n) is 6.87. The van der Waals surface area contributed by atoms with Crippen LogP contribution in [-0.2, 0) is 42.3 Å². The number of carbonyl (C=O) groups excluding carboxylic acids is 2. The predicted molar refractivity (Wildman–Crippen MR) is 174 cm³/mol. The second-order valence-electron chi connectivity index (χ2n) is 11.3. The Hall–Kier alpha value is -2.61. The minimum atomic E-state index is -4.80. The minimum absolute atomic E-state index is 0.0640. The zero-order valence-corrected chi connectivity index (χ0v) is 28.6. The molecule has 0 fully saturated rings. The Labute approximate surface area is 278 Å². The summed E-state index contributed by atoms with van der Waals surface area (Å²) in [5, 5.41) is 27.1. The van der Waals surface area contributed by atoms with Crippen molar-refractivity contribution >= 4 is 31.7 Å². The van der Waals surface area contributed by atoms with Crippen LogP contribution < -0.4 is 5.73 Å². The summed E-state index contributed by atoms with van der Waals surface area (Å²) in [7, 11) is -4.80. The fraction of sp³-hybridized carbons (Fsp3) is 0.750. The number of aliphatic hydroxyl groups excluding tert-OH is 1. The lowest BCUT2D eigenvalue weighted by atomic mass is 10.1. The fourth-order valence-corrected chi connectivity index (χ4v) is 4.94. The van der Waals surface area contributed by atoms with Gasteiger partial charge in [-0.15, -0.1) is 0 Å². The zero-order chi connectivity index (χ0) is 35.3. The highest BCUT2D eigenvalue weighted by atomic mass is 31.2. The van der Waals surface area contributed by atoms with E-state index in [1.165, 1.54) is 38.5 Å². The number of allylic oxidation sites excluding steroid dienone is 2. The molecule has 15 heteroatoms. The first-order valence-corrected chi connectivity index (χ1v) is 18.0. The molecule has 2 unspecified atom stereocenters. The van der Waals surface area contributed by atoms with Gasteiger partial charge in [0.05, 0.1) is 19.3 Å². The number of phosphoric acid groups is 1. The molecule has 47 heavy (non-hydrogen) atoms. The Morgan fingerprint density at radius 2 is 1.32 bits per heavy atom. The van der Waals surface area contributed by atoms with E-state index in [0.29, 0.717) is 6.42 Å². The van der Waals surface area contributed by atoms with Gasteiger partial charge in [-0.3, -0.25) is 23.4 Å². The van der Waals surface area contributed by atoms with Gasteiger partial charge in [0.1, 0.15) is 12.6 Å². The van der Waals surface area contributed by atoms with E-state index >= 15 is 0 Å². The Morgan fingerprint density at radius 3 is 1.91 bits per heavy atom. The lowest BCUT2D eigenvalue weighted by Crippen LogP contribution is -2.34. The van der Waals surface area contributed by atoms with Gasteiger partial charge >= 0.3 is 31.7 Å². The standard InChI is InChI=1S/C32H56NO13P/c1-2-3-4-5-6-7-8-9-10-11-12-13-14-15-16-19-30(37)43-23-27(24-44-47(41,42)45-25-28(33)32(39)40)46-31(38)20-17-18-26(34)21-22-29(35)36/h9-10,21-22,26-28,34H,2-8,11-20,23-25,33H2,1H3,(H,35,36)(H,39,40)(H,41,42)/b10-9-,22-21+/t26?,27-,28+/m1/s1. The normalized spacial score (nSPS) is 14.9. The van der Waals surface area contributed by atoms with E-state index in [4.69, 9.17) is 29.9 Å². The number of hydrogen-bond donors (Lipinski definition) is 5. The molecule has 6 N–H and O–H groups in total. The first kappa shape index (κ1) is 44.4. The molecule has 0 bridgehead atoms. The number of esters is 2. The molecule has 14 nitrogen and oxygen atoms in total. The molecule has 4 atom stereocenters. The van der Waals surface area contributed by atoms with E-state index < -0.39 is 69.8 Å². The lowest BCUT2D eigenvalue weighted by Gasteiger charge is -2.20. The van der Waals surface area contributed by atoms with Crippen molar-refractivity contribution in [2.45, 2.75) is 134 Å². The molecule has 0 aromatic carbocycles. The molecule has 0 heterocycles. The quantitative estimate of drug-likeness (QED) is 0.0207. The molecule has 0 aliphatic rings. The Bertz CT molecular complexity index is 988. The van der Waals surface area contributed by atoms with Crippen LogP contribution in [0.5, 0.6) is 0 Å². The maximum atomic E-state index is 12.3. The highest BCUT2D eigenvalue weighted by Crippen LogP contribution is 2.43. The van der Waals surface area contributed by atoms with Crippen molar-refractivity contribution in [2.24, 2.45) is 5.73 Å². The van der Waals surface area contributed by atoms with Crippen molar-refractivity contribution in [3.05, 3.63) is 24.3 Å². The van der Waals surface area contributed by atoms with E-state index in [2.05, 4.69) is 23.6 Å². The number of carboxylic acid groups (broad SMARTS) is 2. The number of hydrogen-bond acceptors (Lipinski definition) is 11. The molecule has 0 aromatic rings. The van der Waals surface area contributed by atoms with Crippen LogP contribution in [-0.4, -0.2) is 82.2 Å². The van der Waals surface area contributed by atoms with E-state index in [9.17, 15) is 33.7 Å². The monoisotopic (exact) mass is 693 g/mol. The summed E-state index contributed by atoms with van der Waals surface area (Å²) in [6.07, 6.45) is 18.6.